The number of aromatic nitrogens is 2. The molecule has 1 aliphatic heterocycles. The minimum Gasteiger partial charge on any atom is -0.472 e. The third-order valence-electron chi connectivity index (χ3n) is 4.33. The van der Waals surface area contributed by atoms with Crippen LogP contribution >= 0.6 is 0 Å². The van der Waals surface area contributed by atoms with Crippen molar-refractivity contribution < 1.29 is 9.53 Å². The number of rotatable bonds is 4. The molecule has 0 aliphatic carbocycles. The van der Waals surface area contributed by atoms with Crippen LogP contribution in [-0.4, -0.2) is 54.1 Å². The molecule has 0 N–H and O–H groups in total. The van der Waals surface area contributed by atoms with Crippen LogP contribution in [0.15, 0.2) is 36.5 Å². The maximum Gasteiger partial charge on any atom is 0.253 e. The third-order valence-corrected chi connectivity index (χ3v) is 4.33. The number of aryl methyl sites for hydroxylation is 1. The van der Waals surface area contributed by atoms with E-state index in [-0.39, 0.29) is 12.0 Å². The fourth-order valence-corrected chi connectivity index (χ4v) is 2.97. The first-order valence-electron chi connectivity index (χ1n) is 8.56. The van der Waals surface area contributed by atoms with Gasteiger partial charge in [-0.15, -0.1) is 0 Å². The number of amides is 1. The standard InChI is InChI=1S/C19H24N4O2/c1-14-20-11-10-18(21-14)25-17-5-4-12-23(13-17)19(24)15-6-8-16(9-7-15)22(2)3/h6-11,17H,4-5,12-13H2,1-3H3. The van der Waals surface area contributed by atoms with Gasteiger partial charge in [0.25, 0.3) is 5.91 Å². The molecule has 1 aromatic heterocycles. The van der Waals surface area contributed by atoms with Crippen molar-refractivity contribution in [2.75, 3.05) is 32.1 Å². The summed E-state index contributed by atoms with van der Waals surface area (Å²) < 4.78 is 5.95. The highest BCUT2D eigenvalue weighted by molar-refractivity contribution is 5.94. The zero-order chi connectivity index (χ0) is 17.8. The van der Waals surface area contributed by atoms with E-state index < -0.39 is 0 Å². The first kappa shape index (κ1) is 17.2. The van der Waals surface area contributed by atoms with Gasteiger partial charge in [0.2, 0.25) is 5.88 Å². The highest BCUT2D eigenvalue weighted by Crippen LogP contribution is 2.19. The van der Waals surface area contributed by atoms with Gasteiger partial charge in [-0.2, -0.15) is 4.98 Å². The second-order valence-electron chi connectivity index (χ2n) is 6.52. The molecule has 132 valence electrons. The Labute approximate surface area is 148 Å². The van der Waals surface area contributed by atoms with Crippen LogP contribution in [0.4, 0.5) is 5.69 Å². The number of nitrogens with zero attached hydrogens (tertiary/aromatic N) is 4. The molecular formula is C19H24N4O2. The summed E-state index contributed by atoms with van der Waals surface area (Å²) in [4.78, 5) is 25.0. The summed E-state index contributed by atoms with van der Waals surface area (Å²) in [6, 6.07) is 9.46. The van der Waals surface area contributed by atoms with Gasteiger partial charge in [0.15, 0.2) is 0 Å². The Hall–Kier alpha value is -2.63. The SMILES string of the molecule is Cc1nccc(OC2CCCN(C(=O)c3ccc(N(C)C)cc3)C2)n1. The summed E-state index contributed by atoms with van der Waals surface area (Å²) in [6.07, 6.45) is 3.51. The molecular weight excluding hydrogens is 316 g/mol. The van der Waals surface area contributed by atoms with Crippen LogP contribution in [0.25, 0.3) is 0 Å². The Balaban J connectivity index is 1.65. The van der Waals surface area contributed by atoms with Crippen LogP contribution in [-0.2, 0) is 0 Å². The Bertz CT molecular complexity index is 730. The average Bonchev–Trinajstić information content (AvgIpc) is 2.61. The zero-order valence-electron chi connectivity index (χ0n) is 15.0. The summed E-state index contributed by atoms with van der Waals surface area (Å²) >= 11 is 0. The first-order valence-corrected chi connectivity index (χ1v) is 8.56. The molecule has 1 amide bonds. The normalized spacial score (nSPS) is 17.2. The van der Waals surface area contributed by atoms with Gasteiger partial charge >= 0.3 is 0 Å². The lowest BCUT2D eigenvalue weighted by Gasteiger charge is -2.32. The molecule has 2 aromatic rings. The Morgan fingerprint density at radius 1 is 1.24 bits per heavy atom. The van der Waals surface area contributed by atoms with Crippen molar-refractivity contribution in [2.45, 2.75) is 25.9 Å². The molecule has 0 bridgehead atoms. The fraction of sp³-hybridized carbons (Fsp3) is 0.421. The van der Waals surface area contributed by atoms with Crippen molar-refractivity contribution in [1.82, 2.24) is 14.9 Å². The lowest BCUT2D eigenvalue weighted by Crippen LogP contribution is -2.44. The molecule has 1 fully saturated rings. The number of hydrogen-bond donors (Lipinski definition) is 0. The quantitative estimate of drug-likeness (QED) is 0.856. The number of benzene rings is 1. The van der Waals surface area contributed by atoms with Gasteiger partial charge in [-0.25, -0.2) is 4.98 Å². The van der Waals surface area contributed by atoms with Crippen LogP contribution in [0, 0.1) is 6.92 Å². The summed E-state index contributed by atoms with van der Waals surface area (Å²) in [7, 11) is 3.97. The number of ether oxygens (including phenoxy) is 1. The predicted molar refractivity (Wildman–Crippen MR) is 97.1 cm³/mol. The van der Waals surface area contributed by atoms with Crippen molar-refractivity contribution in [3.63, 3.8) is 0 Å². The van der Waals surface area contributed by atoms with E-state index in [4.69, 9.17) is 4.74 Å². The van der Waals surface area contributed by atoms with Crippen molar-refractivity contribution in [1.29, 1.82) is 0 Å². The Morgan fingerprint density at radius 2 is 2.00 bits per heavy atom. The molecule has 1 unspecified atom stereocenters. The largest absolute Gasteiger partial charge is 0.472 e. The molecule has 1 aromatic carbocycles. The minimum absolute atomic E-state index is 0.0342. The van der Waals surface area contributed by atoms with Gasteiger partial charge in [-0.3, -0.25) is 4.79 Å². The van der Waals surface area contributed by atoms with Crippen LogP contribution < -0.4 is 9.64 Å². The lowest BCUT2D eigenvalue weighted by molar-refractivity contribution is 0.0527. The number of carbonyl (C=O) groups is 1. The maximum atomic E-state index is 12.8. The number of anilines is 1. The van der Waals surface area contributed by atoms with Crippen LogP contribution in [0.3, 0.4) is 0 Å². The predicted octanol–water partition coefficient (Wildman–Crippen LogP) is 2.53. The third kappa shape index (κ3) is 4.26. The number of carbonyl (C=O) groups excluding carboxylic acids is 1. The molecule has 0 radical (unpaired) electrons. The van der Waals surface area contributed by atoms with Crippen LogP contribution in [0.1, 0.15) is 29.0 Å². The van der Waals surface area contributed by atoms with Gasteiger partial charge in [0.1, 0.15) is 11.9 Å². The number of hydrogen-bond acceptors (Lipinski definition) is 5. The monoisotopic (exact) mass is 340 g/mol. The van der Waals surface area contributed by atoms with Crippen molar-refractivity contribution in [3.8, 4) is 5.88 Å². The van der Waals surface area contributed by atoms with E-state index in [9.17, 15) is 4.79 Å². The number of piperidine rings is 1. The molecule has 25 heavy (non-hydrogen) atoms. The molecule has 2 heterocycles. The summed E-state index contributed by atoms with van der Waals surface area (Å²) in [5.74, 6) is 1.31. The molecule has 0 saturated carbocycles. The van der Waals surface area contributed by atoms with Crippen molar-refractivity contribution >= 4 is 11.6 Å². The highest BCUT2D eigenvalue weighted by atomic mass is 16.5. The molecule has 1 saturated heterocycles. The lowest BCUT2D eigenvalue weighted by atomic mass is 10.1. The van der Waals surface area contributed by atoms with Crippen LogP contribution in [0.5, 0.6) is 5.88 Å². The first-order chi connectivity index (χ1) is 12.0. The van der Waals surface area contributed by atoms with Gasteiger partial charge in [-0.1, -0.05) is 0 Å². The molecule has 1 aliphatic rings. The van der Waals surface area contributed by atoms with E-state index in [1.807, 2.05) is 55.1 Å². The van der Waals surface area contributed by atoms with E-state index in [0.29, 0.717) is 23.8 Å². The Morgan fingerprint density at radius 3 is 2.68 bits per heavy atom. The van der Waals surface area contributed by atoms with E-state index in [1.165, 1.54) is 0 Å². The number of likely N-dealkylation sites (tertiary alicyclic amines) is 1. The second-order valence-corrected chi connectivity index (χ2v) is 6.52. The van der Waals surface area contributed by atoms with Crippen molar-refractivity contribution in [3.05, 3.63) is 47.9 Å². The van der Waals surface area contributed by atoms with Gasteiger partial charge < -0.3 is 14.5 Å². The van der Waals surface area contributed by atoms with Gasteiger partial charge in [0, 0.05) is 44.2 Å². The smallest absolute Gasteiger partial charge is 0.253 e. The molecule has 6 heteroatoms. The fourth-order valence-electron chi connectivity index (χ4n) is 2.97. The van der Waals surface area contributed by atoms with Gasteiger partial charge in [0.05, 0.1) is 6.54 Å². The van der Waals surface area contributed by atoms with Crippen LogP contribution in [0.2, 0.25) is 0 Å². The molecule has 6 nitrogen and oxygen atoms in total. The summed E-state index contributed by atoms with van der Waals surface area (Å²) in [5, 5.41) is 0. The zero-order valence-corrected chi connectivity index (χ0v) is 15.0. The second kappa shape index (κ2) is 7.51. The van der Waals surface area contributed by atoms with E-state index in [1.54, 1.807) is 12.3 Å². The van der Waals surface area contributed by atoms with E-state index >= 15 is 0 Å². The minimum atomic E-state index is -0.0342. The van der Waals surface area contributed by atoms with E-state index in [2.05, 4.69) is 9.97 Å². The molecule has 0 spiro atoms. The molecule has 1 atom stereocenters. The van der Waals surface area contributed by atoms with E-state index in [0.717, 1.165) is 25.1 Å². The summed E-state index contributed by atoms with van der Waals surface area (Å²) in [6.45, 7) is 3.18. The molecule has 3 rings (SSSR count). The summed E-state index contributed by atoms with van der Waals surface area (Å²) in [5.41, 5.74) is 1.79. The average molecular weight is 340 g/mol. The Kier molecular flexibility index (Phi) is 5.16. The topological polar surface area (TPSA) is 58.6 Å². The maximum absolute atomic E-state index is 12.8. The van der Waals surface area contributed by atoms with Crippen molar-refractivity contribution in [2.24, 2.45) is 0 Å². The highest BCUT2D eigenvalue weighted by Gasteiger charge is 2.26. The van der Waals surface area contributed by atoms with Gasteiger partial charge in [-0.05, 0) is 44.0 Å².